The van der Waals surface area contributed by atoms with Crippen LogP contribution in [-0.2, 0) is 16.0 Å². The number of aliphatic carboxylic acids is 1. The Morgan fingerprint density at radius 2 is 1.93 bits per heavy atom. The molecule has 1 fully saturated rings. The van der Waals surface area contributed by atoms with Crippen molar-refractivity contribution in [2.75, 3.05) is 13.7 Å². The molecule has 0 aliphatic carbocycles. The first-order chi connectivity index (χ1) is 13.1. The average Bonchev–Trinajstić information content (AvgIpc) is 2.68. The molecule has 0 saturated carbocycles. The number of benzene rings is 2. The molecule has 1 saturated heterocycles. The second-order valence-electron chi connectivity index (χ2n) is 6.02. The maximum atomic E-state index is 12.6. The maximum Gasteiger partial charge on any atom is 0.317 e. The number of carbonyl (C=O) groups is 2. The predicted molar refractivity (Wildman–Crippen MR) is 106 cm³/mol. The number of thioether (sulfide) groups is 1. The number of amidine groups is 1. The lowest BCUT2D eigenvalue weighted by atomic mass is 10.1. The highest BCUT2D eigenvalue weighted by molar-refractivity contribution is 8.15. The molecule has 140 valence electrons. The molecule has 27 heavy (non-hydrogen) atoms. The van der Waals surface area contributed by atoms with Gasteiger partial charge in [-0.05, 0) is 36.2 Å². The smallest absolute Gasteiger partial charge is 0.317 e. The minimum Gasteiger partial charge on any atom is -0.497 e. The molecule has 0 aromatic heterocycles. The summed E-state index contributed by atoms with van der Waals surface area (Å²) in [4.78, 5) is 30.1. The summed E-state index contributed by atoms with van der Waals surface area (Å²) in [6.45, 7) is 0.441. The third-order valence-electron chi connectivity index (χ3n) is 4.18. The molecule has 2 aromatic carbocycles. The molecule has 1 N–H and O–H groups in total. The van der Waals surface area contributed by atoms with Gasteiger partial charge in [-0.25, -0.2) is 4.99 Å². The number of amides is 1. The highest BCUT2D eigenvalue weighted by Gasteiger charge is 2.35. The van der Waals surface area contributed by atoms with Gasteiger partial charge in [-0.15, -0.1) is 0 Å². The van der Waals surface area contributed by atoms with Crippen LogP contribution in [0.1, 0.15) is 12.0 Å². The number of hydrogen-bond donors (Lipinski definition) is 1. The van der Waals surface area contributed by atoms with Crippen LogP contribution in [-0.4, -0.2) is 46.0 Å². The molecule has 1 heterocycles. The summed E-state index contributed by atoms with van der Waals surface area (Å²) in [7, 11) is 1.61. The van der Waals surface area contributed by atoms with E-state index in [1.165, 1.54) is 0 Å². The summed E-state index contributed by atoms with van der Waals surface area (Å²) < 4.78 is 5.16. The summed E-state index contributed by atoms with van der Waals surface area (Å²) in [6.07, 6.45) is 0.609. The summed E-state index contributed by atoms with van der Waals surface area (Å²) in [6, 6.07) is 16.9. The van der Waals surface area contributed by atoms with E-state index in [-0.39, 0.29) is 12.3 Å². The van der Waals surface area contributed by atoms with E-state index in [0.29, 0.717) is 23.8 Å². The Morgan fingerprint density at radius 3 is 2.56 bits per heavy atom. The van der Waals surface area contributed by atoms with E-state index in [1.807, 2.05) is 54.6 Å². The molecular formula is C20H20N2O4S. The van der Waals surface area contributed by atoms with Crippen LogP contribution in [0, 0.1) is 0 Å². The summed E-state index contributed by atoms with van der Waals surface area (Å²) >= 11 is 1.12. The fourth-order valence-electron chi connectivity index (χ4n) is 2.70. The van der Waals surface area contributed by atoms with E-state index < -0.39 is 11.2 Å². The largest absolute Gasteiger partial charge is 0.497 e. The molecule has 0 spiro atoms. The van der Waals surface area contributed by atoms with Crippen molar-refractivity contribution in [1.82, 2.24) is 4.90 Å². The predicted octanol–water partition coefficient (Wildman–Crippen LogP) is 3.34. The van der Waals surface area contributed by atoms with Crippen LogP contribution in [0.2, 0.25) is 0 Å². The molecule has 1 amide bonds. The number of para-hydroxylation sites is 1. The first kappa shape index (κ1) is 19.0. The van der Waals surface area contributed by atoms with Crippen molar-refractivity contribution >= 4 is 34.5 Å². The summed E-state index contributed by atoms with van der Waals surface area (Å²) in [5, 5.41) is 8.95. The van der Waals surface area contributed by atoms with Gasteiger partial charge in [-0.3, -0.25) is 14.5 Å². The van der Waals surface area contributed by atoms with Crippen LogP contribution < -0.4 is 4.74 Å². The van der Waals surface area contributed by atoms with Gasteiger partial charge in [0.1, 0.15) is 11.0 Å². The van der Waals surface area contributed by atoms with Crippen LogP contribution >= 0.6 is 11.8 Å². The van der Waals surface area contributed by atoms with Crippen LogP contribution in [0.4, 0.5) is 5.69 Å². The van der Waals surface area contributed by atoms with E-state index >= 15 is 0 Å². The van der Waals surface area contributed by atoms with Crippen molar-refractivity contribution in [2.24, 2.45) is 4.99 Å². The Kier molecular flexibility index (Phi) is 6.13. The van der Waals surface area contributed by atoms with Gasteiger partial charge in [0.25, 0.3) is 0 Å². The van der Waals surface area contributed by atoms with Crippen molar-refractivity contribution in [2.45, 2.75) is 18.1 Å². The maximum absolute atomic E-state index is 12.6. The molecule has 0 radical (unpaired) electrons. The zero-order valence-electron chi connectivity index (χ0n) is 14.9. The van der Waals surface area contributed by atoms with Gasteiger partial charge in [-0.2, -0.15) is 0 Å². The summed E-state index contributed by atoms with van der Waals surface area (Å²) in [5.41, 5.74) is 1.75. The number of rotatable bonds is 6. The minimum atomic E-state index is -0.996. The van der Waals surface area contributed by atoms with Crippen LogP contribution in [0.25, 0.3) is 0 Å². The standard InChI is InChI=1S/C20H20N2O4S/c1-26-16-9-7-14(8-10-16)11-12-22-18(23)13-17(19(24)25)27-20(22)21-15-5-3-2-4-6-15/h2-10,17H,11-13H2,1H3,(H,24,25). The molecule has 6 nitrogen and oxygen atoms in total. The van der Waals surface area contributed by atoms with Gasteiger partial charge in [-0.1, -0.05) is 42.1 Å². The van der Waals surface area contributed by atoms with E-state index in [9.17, 15) is 14.7 Å². The molecule has 7 heteroatoms. The molecule has 1 unspecified atom stereocenters. The normalized spacial score (nSPS) is 18.6. The molecule has 1 aliphatic heterocycles. The molecule has 2 aromatic rings. The fraction of sp³-hybridized carbons (Fsp3) is 0.250. The van der Waals surface area contributed by atoms with Crippen molar-refractivity contribution in [1.29, 1.82) is 0 Å². The lowest BCUT2D eigenvalue weighted by Crippen LogP contribution is -2.44. The number of ether oxygens (including phenoxy) is 1. The van der Waals surface area contributed by atoms with Crippen molar-refractivity contribution in [3.63, 3.8) is 0 Å². The first-order valence-electron chi connectivity index (χ1n) is 8.53. The number of hydrogen-bond acceptors (Lipinski definition) is 5. The van der Waals surface area contributed by atoms with Crippen molar-refractivity contribution < 1.29 is 19.4 Å². The van der Waals surface area contributed by atoms with Gasteiger partial charge in [0.05, 0.1) is 19.2 Å². The quantitative estimate of drug-likeness (QED) is 0.826. The Morgan fingerprint density at radius 1 is 1.22 bits per heavy atom. The minimum absolute atomic E-state index is 0.0313. The third-order valence-corrected chi connectivity index (χ3v) is 5.35. The highest BCUT2D eigenvalue weighted by atomic mass is 32.2. The number of methoxy groups -OCH3 is 1. The van der Waals surface area contributed by atoms with Crippen LogP contribution in [0.3, 0.4) is 0 Å². The number of carboxylic acid groups (broad SMARTS) is 1. The first-order valence-corrected chi connectivity index (χ1v) is 9.41. The van der Waals surface area contributed by atoms with E-state index in [4.69, 9.17) is 4.74 Å². The monoisotopic (exact) mass is 384 g/mol. The molecule has 0 bridgehead atoms. The molecular weight excluding hydrogens is 364 g/mol. The van der Waals surface area contributed by atoms with E-state index in [2.05, 4.69) is 4.99 Å². The Hall–Kier alpha value is -2.80. The highest BCUT2D eigenvalue weighted by Crippen LogP contribution is 2.29. The van der Waals surface area contributed by atoms with Gasteiger partial charge >= 0.3 is 5.97 Å². The second-order valence-corrected chi connectivity index (χ2v) is 7.19. The molecule has 1 aliphatic rings. The van der Waals surface area contributed by atoms with Crippen molar-refractivity contribution in [3.05, 3.63) is 60.2 Å². The van der Waals surface area contributed by atoms with Gasteiger partial charge < -0.3 is 9.84 Å². The number of nitrogens with zero attached hydrogens (tertiary/aromatic N) is 2. The number of carboxylic acids is 1. The van der Waals surface area contributed by atoms with Crippen LogP contribution in [0.15, 0.2) is 59.6 Å². The Bertz CT molecular complexity index is 837. The zero-order valence-corrected chi connectivity index (χ0v) is 15.7. The van der Waals surface area contributed by atoms with E-state index in [0.717, 1.165) is 23.1 Å². The summed E-state index contributed by atoms with van der Waals surface area (Å²) in [5.74, 6) is -0.438. The topological polar surface area (TPSA) is 79.2 Å². The zero-order chi connectivity index (χ0) is 19.2. The van der Waals surface area contributed by atoms with Gasteiger partial charge in [0, 0.05) is 6.54 Å². The second kappa shape index (κ2) is 8.73. The Balaban J connectivity index is 1.79. The average molecular weight is 384 g/mol. The lowest BCUT2D eigenvalue weighted by Gasteiger charge is -2.30. The number of carbonyl (C=O) groups excluding carboxylic acids is 1. The lowest BCUT2D eigenvalue weighted by molar-refractivity contribution is -0.139. The fourth-order valence-corrected chi connectivity index (χ4v) is 3.76. The van der Waals surface area contributed by atoms with Crippen LogP contribution in [0.5, 0.6) is 5.75 Å². The Labute approximate surface area is 161 Å². The van der Waals surface area contributed by atoms with E-state index in [1.54, 1.807) is 12.0 Å². The molecule has 3 rings (SSSR count). The van der Waals surface area contributed by atoms with Gasteiger partial charge in [0.2, 0.25) is 5.91 Å². The number of aliphatic imine (C=N–C) groups is 1. The SMILES string of the molecule is COc1ccc(CCN2C(=O)CC(C(=O)O)SC2=Nc2ccccc2)cc1. The van der Waals surface area contributed by atoms with Gasteiger partial charge in [0.15, 0.2) is 5.17 Å². The molecule has 1 atom stereocenters. The third kappa shape index (κ3) is 4.89. The van der Waals surface area contributed by atoms with Crippen molar-refractivity contribution in [3.8, 4) is 5.75 Å².